The number of hydrogen-bond donors (Lipinski definition) is 0. The molecule has 0 aromatic rings. The molecule has 0 N–H and O–H groups in total. The highest BCUT2D eigenvalue weighted by Gasteiger charge is 2.49. The second-order valence-corrected chi connectivity index (χ2v) is 21.8. The largest absolute Gasteiger partial charge is 0.462 e. The molecule has 0 aliphatic carbocycles. The fourth-order valence-electron chi connectivity index (χ4n) is 10.2. The van der Waals surface area contributed by atoms with Gasteiger partial charge in [-0.05, 0) is 81.1 Å². The molecule has 0 aromatic heterocycles. The minimum atomic E-state index is -0.145. The fraction of sp³-hybridized carbons (Fsp3) is 0.963. The fourth-order valence-corrected chi connectivity index (χ4v) is 10.2. The van der Waals surface area contributed by atoms with E-state index in [0.29, 0.717) is 12.8 Å². The molecule has 0 bridgehead atoms. The average molecular weight is 879 g/mol. The van der Waals surface area contributed by atoms with Crippen LogP contribution in [-0.4, -0.2) is 69.6 Å². The van der Waals surface area contributed by atoms with Crippen LogP contribution in [-0.2, 0) is 28.7 Å². The number of ether oxygens (including phenoxy) is 2. The highest BCUT2D eigenvalue weighted by molar-refractivity contribution is 5.69. The van der Waals surface area contributed by atoms with Gasteiger partial charge in [-0.15, -0.1) is 0 Å². The summed E-state index contributed by atoms with van der Waals surface area (Å²) in [6, 6.07) is 0. The Bertz CT molecular complexity index is 1000. The summed E-state index contributed by atoms with van der Waals surface area (Å²) in [5.74, 6) is -0.0433. The standard InChI is InChI=1S/2C27H53NO3/c2*1-7-9-11-13-15-16-18-20-25(29)31-24-22-26(3,4)28(27(5,6)23-24)30-21-19-17-14-12-10-8-2/h2*24H,7-23H2,1-6H3. The minimum Gasteiger partial charge on any atom is -0.462 e. The molecular weight excluding hydrogens is 773 g/mol. The highest BCUT2D eigenvalue weighted by Crippen LogP contribution is 2.41. The molecule has 0 unspecified atom stereocenters. The van der Waals surface area contributed by atoms with Crippen LogP contribution in [0.3, 0.4) is 0 Å². The number of carbonyl (C=O) groups is 2. The van der Waals surface area contributed by atoms with Crippen LogP contribution in [0, 0.1) is 0 Å². The molecule has 62 heavy (non-hydrogen) atoms. The third-order valence-electron chi connectivity index (χ3n) is 13.1. The van der Waals surface area contributed by atoms with Crippen molar-refractivity contribution in [2.24, 2.45) is 0 Å². The molecule has 368 valence electrons. The van der Waals surface area contributed by atoms with E-state index < -0.39 is 0 Å². The molecule has 0 radical (unpaired) electrons. The molecule has 0 spiro atoms. The second-order valence-electron chi connectivity index (χ2n) is 21.8. The maximum Gasteiger partial charge on any atom is 0.306 e. The number of unbranched alkanes of at least 4 members (excludes halogenated alkanes) is 22. The van der Waals surface area contributed by atoms with Crippen LogP contribution in [0.2, 0.25) is 0 Å². The number of rotatable bonds is 34. The molecular formula is C54H106N2O6. The first-order valence-corrected chi connectivity index (χ1v) is 26.7. The molecule has 2 aliphatic rings. The van der Waals surface area contributed by atoms with E-state index in [1.54, 1.807) is 0 Å². The number of carbonyl (C=O) groups excluding carboxylic acids is 2. The van der Waals surface area contributed by atoms with Crippen LogP contribution in [0.4, 0.5) is 0 Å². The van der Waals surface area contributed by atoms with Crippen molar-refractivity contribution in [1.82, 2.24) is 10.1 Å². The molecule has 2 heterocycles. The van der Waals surface area contributed by atoms with Gasteiger partial charge in [0.2, 0.25) is 0 Å². The van der Waals surface area contributed by atoms with Gasteiger partial charge in [-0.3, -0.25) is 19.3 Å². The SMILES string of the molecule is CCCCCCCCCC(=O)OC1CC(C)(C)N(OCCCCCCCC)C(C)(C)C1.CCCCCCCCCC(=O)OC1CC(C)(C)N(OCCCCCCCC)C(C)(C)C1. The summed E-state index contributed by atoms with van der Waals surface area (Å²) < 4.78 is 11.8. The monoisotopic (exact) mass is 879 g/mol. The summed E-state index contributed by atoms with van der Waals surface area (Å²) >= 11 is 0. The van der Waals surface area contributed by atoms with Crippen molar-refractivity contribution < 1.29 is 28.7 Å². The van der Waals surface area contributed by atoms with Gasteiger partial charge in [-0.2, -0.15) is 10.1 Å². The lowest BCUT2D eigenvalue weighted by Crippen LogP contribution is -2.62. The summed E-state index contributed by atoms with van der Waals surface area (Å²) in [6.45, 7) is 28.3. The Balaban J connectivity index is 0.000000620. The van der Waals surface area contributed by atoms with Crippen molar-refractivity contribution in [2.75, 3.05) is 13.2 Å². The third-order valence-corrected chi connectivity index (χ3v) is 13.1. The first-order valence-electron chi connectivity index (χ1n) is 26.7. The Kier molecular flexibility index (Phi) is 31.6. The van der Waals surface area contributed by atoms with E-state index in [2.05, 4.69) is 93.2 Å². The van der Waals surface area contributed by atoms with Crippen LogP contribution in [0.1, 0.15) is 289 Å². The van der Waals surface area contributed by atoms with Gasteiger partial charge in [0.05, 0.1) is 13.2 Å². The molecule has 2 rings (SSSR count). The van der Waals surface area contributed by atoms with Crippen LogP contribution in [0.15, 0.2) is 0 Å². The zero-order valence-electron chi connectivity index (χ0n) is 43.5. The van der Waals surface area contributed by atoms with Gasteiger partial charge >= 0.3 is 11.9 Å². The van der Waals surface area contributed by atoms with Crippen molar-refractivity contribution in [3.8, 4) is 0 Å². The quantitative estimate of drug-likeness (QED) is 0.0467. The summed E-state index contributed by atoms with van der Waals surface area (Å²) in [5.41, 5.74) is -0.579. The lowest BCUT2D eigenvalue weighted by atomic mass is 9.80. The van der Waals surface area contributed by atoms with Crippen LogP contribution >= 0.6 is 0 Å². The topological polar surface area (TPSA) is 77.5 Å². The van der Waals surface area contributed by atoms with E-state index in [1.807, 2.05) is 0 Å². The number of piperidine rings is 2. The lowest BCUT2D eigenvalue weighted by molar-refractivity contribution is -0.293. The smallest absolute Gasteiger partial charge is 0.306 e. The molecule has 2 saturated heterocycles. The Morgan fingerprint density at radius 1 is 0.371 bits per heavy atom. The van der Waals surface area contributed by atoms with Gasteiger partial charge in [-0.1, -0.05) is 169 Å². The van der Waals surface area contributed by atoms with E-state index >= 15 is 0 Å². The van der Waals surface area contributed by atoms with E-state index in [9.17, 15) is 9.59 Å². The van der Waals surface area contributed by atoms with E-state index in [-0.39, 0.29) is 46.3 Å². The predicted molar refractivity (Wildman–Crippen MR) is 262 cm³/mol. The molecule has 0 amide bonds. The first-order chi connectivity index (χ1) is 29.5. The molecule has 0 aromatic carbocycles. The summed E-state index contributed by atoms with van der Waals surface area (Å²) in [6.07, 6.45) is 36.8. The molecule has 8 heteroatoms. The number of hydroxylamine groups is 4. The Morgan fingerprint density at radius 3 is 0.855 bits per heavy atom. The predicted octanol–water partition coefficient (Wildman–Crippen LogP) is 16.0. The van der Waals surface area contributed by atoms with Gasteiger partial charge in [0.1, 0.15) is 12.2 Å². The molecule has 2 fully saturated rings. The molecule has 8 nitrogen and oxygen atoms in total. The van der Waals surface area contributed by atoms with Gasteiger partial charge in [0, 0.05) is 60.7 Å². The number of nitrogens with zero attached hydrogens (tertiary/aromatic N) is 2. The zero-order valence-corrected chi connectivity index (χ0v) is 43.5. The van der Waals surface area contributed by atoms with Crippen molar-refractivity contribution in [3.63, 3.8) is 0 Å². The van der Waals surface area contributed by atoms with E-state index in [4.69, 9.17) is 19.1 Å². The highest BCUT2D eigenvalue weighted by atomic mass is 16.7. The van der Waals surface area contributed by atoms with E-state index in [1.165, 1.54) is 128 Å². The normalized spacial score (nSPS) is 18.9. The maximum atomic E-state index is 12.4. The number of hydrogen-bond acceptors (Lipinski definition) is 8. The summed E-state index contributed by atoms with van der Waals surface area (Å²) in [4.78, 5) is 37.4. The van der Waals surface area contributed by atoms with Crippen molar-refractivity contribution in [2.45, 2.75) is 323 Å². The van der Waals surface area contributed by atoms with Crippen LogP contribution < -0.4 is 0 Å². The van der Waals surface area contributed by atoms with Gasteiger partial charge in [0.25, 0.3) is 0 Å². The lowest BCUT2D eigenvalue weighted by Gasteiger charge is -2.53. The third kappa shape index (κ3) is 26.1. The Morgan fingerprint density at radius 2 is 0.597 bits per heavy atom. The van der Waals surface area contributed by atoms with Gasteiger partial charge < -0.3 is 9.47 Å². The maximum absolute atomic E-state index is 12.4. The second kappa shape index (κ2) is 33.3. The average Bonchev–Trinajstić information content (AvgIpc) is 3.17. The first kappa shape index (κ1) is 58.8. The summed E-state index contributed by atoms with van der Waals surface area (Å²) in [5, 5.41) is 4.37. The zero-order chi connectivity index (χ0) is 46.3. The Hall–Kier alpha value is -1.22. The number of esters is 2. The molecule has 2 aliphatic heterocycles. The van der Waals surface area contributed by atoms with Crippen molar-refractivity contribution in [3.05, 3.63) is 0 Å². The van der Waals surface area contributed by atoms with Crippen LogP contribution in [0.25, 0.3) is 0 Å². The Labute approximate surface area is 385 Å². The molecule has 0 atom stereocenters. The molecule has 0 saturated carbocycles. The van der Waals surface area contributed by atoms with Crippen molar-refractivity contribution >= 4 is 11.9 Å². The summed E-state index contributed by atoms with van der Waals surface area (Å²) in [7, 11) is 0. The van der Waals surface area contributed by atoms with Crippen LogP contribution in [0.5, 0.6) is 0 Å². The van der Waals surface area contributed by atoms with Crippen molar-refractivity contribution in [1.29, 1.82) is 0 Å². The van der Waals surface area contributed by atoms with E-state index in [0.717, 1.165) is 77.4 Å². The minimum absolute atomic E-state index is 0.0176. The van der Waals surface area contributed by atoms with Gasteiger partial charge in [-0.25, -0.2) is 0 Å². The van der Waals surface area contributed by atoms with Gasteiger partial charge in [0.15, 0.2) is 0 Å².